The molecule has 4 aliphatic heterocycles. The number of nitrogens with zero attached hydrogens (tertiary/aromatic N) is 19. The monoisotopic (exact) mass is 1700 g/mol. The number of H-pyrrole nitrogens is 4. The Hall–Kier alpha value is -12.8. The second-order valence-corrected chi connectivity index (χ2v) is 32.5. The Morgan fingerprint density at radius 3 is 1.08 bits per heavy atom. The van der Waals surface area contributed by atoms with Crippen molar-refractivity contribution in [1.82, 2.24) is 102 Å². The summed E-state index contributed by atoms with van der Waals surface area (Å²) in [5, 5.41) is 73.1. The maximum absolute atomic E-state index is 12.6. The van der Waals surface area contributed by atoms with E-state index >= 15 is 0 Å². The van der Waals surface area contributed by atoms with Gasteiger partial charge < -0.3 is 80.6 Å². The van der Waals surface area contributed by atoms with E-state index in [0.717, 1.165) is 74.7 Å². The first-order chi connectivity index (χ1) is 56.7. The van der Waals surface area contributed by atoms with Crippen molar-refractivity contribution in [1.29, 1.82) is 0 Å². The van der Waals surface area contributed by atoms with E-state index in [1.807, 2.05) is 70.7 Å². The lowest BCUT2D eigenvalue weighted by molar-refractivity contribution is 0.0230. The van der Waals surface area contributed by atoms with E-state index in [9.17, 15) is 33.6 Å². The molecule has 0 unspecified atom stereocenters. The number of nitrogen functional groups attached to an aromatic ring is 1. The van der Waals surface area contributed by atoms with Crippen molar-refractivity contribution in [2.24, 2.45) is 0 Å². The third-order valence-electron chi connectivity index (χ3n) is 17.8. The van der Waals surface area contributed by atoms with Gasteiger partial charge in [0.15, 0.2) is 26.2 Å². The molecule has 6 amide bonds. The number of carbonyl (C=O) groups is 7. The number of ether oxygens (including phenoxy) is 3. The minimum Gasteiger partial charge on any atom is -0.476 e. The van der Waals surface area contributed by atoms with Crippen LogP contribution in [0.15, 0.2) is 119 Å². The number of carbonyl (C=O) groups excluding carboxylic acids is 6. The van der Waals surface area contributed by atoms with Gasteiger partial charge in [-0.2, -0.15) is 61.6 Å². The van der Waals surface area contributed by atoms with Gasteiger partial charge in [-0.15, -0.1) is 45.3 Å². The second-order valence-electron chi connectivity index (χ2n) is 28.7. The van der Waals surface area contributed by atoms with Crippen LogP contribution in [0, 0.1) is 0 Å². The Kier molecular flexibility index (Phi) is 26.7. The van der Waals surface area contributed by atoms with Crippen LogP contribution in [0.4, 0.5) is 57.7 Å². The predicted molar refractivity (Wildman–Crippen MR) is 450 cm³/mol. The summed E-state index contributed by atoms with van der Waals surface area (Å²) in [5.41, 5.74) is 15.1. The Morgan fingerprint density at radius 1 is 0.415 bits per heavy atom. The zero-order valence-corrected chi connectivity index (χ0v) is 68.7. The van der Waals surface area contributed by atoms with Crippen LogP contribution < -0.4 is 46.6 Å². The fourth-order valence-electron chi connectivity index (χ4n) is 11.8. The van der Waals surface area contributed by atoms with Crippen LogP contribution in [0.25, 0.3) is 44.1 Å². The van der Waals surface area contributed by atoms with Crippen LogP contribution >= 0.6 is 56.9 Å². The molecule has 0 atom stereocenters. The minimum atomic E-state index is -1.02. The van der Waals surface area contributed by atoms with Gasteiger partial charge in [-0.1, -0.05) is 23.7 Å². The molecule has 5 aromatic carbocycles. The number of hydrogen-bond acceptors (Lipinski definition) is 32. The molecule has 17 rings (SSSR count). The van der Waals surface area contributed by atoms with Gasteiger partial charge in [-0.05, 0) is 132 Å². The number of nitrogens with one attached hydrogen (secondary N) is 8. The molecule has 4 fully saturated rings. The number of aromatic carboxylic acids is 1. The number of aromatic nitrogens is 16. The van der Waals surface area contributed by atoms with Gasteiger partial charge in [-0.25, -0.2) is 39.1 Å². The standard InChI is InChI=1S/C22H20ClN7O3S.C19H23N7O3S.C14H15N7OS.C13H19N3O4S.C6H6N4/c23-15-3-1-14(2-4-15)12-33-22(32)30-9-7-29(8-10-30)21-25-19(13-34-21)20(31)24-16-5-6-17-18(11-16)27-28-26-17;1-19(2,3)29-18(28)26-8-6-25(7-9-26)17-21-15(11-30-17)16(27)20-12-4-5-13-14(10-12)23-24-22-13;22-13(16-9-1-2-10-11(7-9)19-20-18-10)12-8-23-14(17-12)21-5-3-15-4-6-21;1-13(2,3)20-12(19)16-6-4-15(5-7-16)11-14-9(8-21-11)10(17)18;7-4-1-2-5-6(3-4)9-10-8-5/h1-6,11,13H,7-10,12H2,(H,24,31)(H,26,27,28);4-5,10-11H,6-9H2,1-3H3,(H,20,27)(H,22,23,24);1-2,7-8,15H,3-6H2,(H,16,22)(H,18,19,20);8H,4-7H2,1-3H3,(H,17,18);1-3H,7H2,(H,8,9,10). The molecule has 4 saturated heterocycles. The van der Waals surface area contributed by atoms with Crippen LogP contribution in [0.3, 0.4) is 0 Å². The van der Waals surface area contributed by atoms with Crippen molar-refractivity contribution in [2.75, 3.05) is 146 Å². The van der Waals surface area contributed by atoms with Crippen molar-refractivity contribution >= 4 is 186 Å². The second kappa shape index (κ2) is 37.8. The van der Waals surface area contributed by atoms with Crippen molar-refractivity contribution in [3.05, 3.63) is 152 Å². The van der Waals surface area contributed by atoms with E-state index in [1.54, 1.807) is 104 Å². The fourth-order valence-corrected chi connectivity index (χ4v) is 15.4. The average Bonchev–Trinajstić information content (AvgIpc) is 1.77. The third-order valence-corrected chi connectivity index (χ3v) is 21.7. The SMILES string of the molecule is CC(C)(C)OC(=O)N1CCN(c2nc(C(=O)Nc3ccc4n[nH]nc4c3)cs2)CC1.CC(C)(C)OC(=O)N1CCN(c2nc(C(=O)O)cs2)CC1.Nc1ccc2n[nH]nc2c1.O=C(Nc1ccc2n[nH]nc2c1)c1csc(N2CCN(C(=O)OCc3ccc(Cl)cc3)CC2)n1.O=C(Nc1ccc2n[nH]nc2c1)c1csc(N2CCNCC2)n1. The number of nitrogens with two attached hydrogens (primary N) is 1. The molecule has 4 aliphatic rings. The molecule has 8 aromatic heterocycles. The molecule has 118 heavy (non-hydrogen) atoms. The lowest BCUT2D eigenvalue weighted by atomic mass is 10.2. The summed E-state index contributed by atoms with van der Waals surface area (Å²) in [6.45, 7) is 21.9. The summed E-state index contributed by atoms with van der Waals surface area (Å²) < 4.78 is 16.2. The van der Waals surface area contributed by atoms with Gasteiger partial charge in [0.25, 0.3) is 17.7 Å². The number of aromatic amines is 4. The highest BCUT2D eigenvalue weighted by molar-refractivity contribution is 7.14. The number of benzene rings is 5. The number of carboxylic acid groups (broad SMARTS) is 1. The molecule has 13 aromatic rings. The van der Waals surface area contributed by atoms with E-state index in [2.05, 4.69) is 118 Å². The molecule has 44 heteroatoms. The highest BCUT2D eigenvalue weighted by atomic mass is 35.5. The van der Waals surface area contributed by atoms with Crippen LogP contribution in [0.2, 0.25) is 5.02 Å². The number of piperazine rings is 4. The molecule has 0 aliphatic carbocycles. The topological polar surface area (TPSA) is 482 Å². The Morgan fingerprint density at radius 2 is 0.729 bits per heavy atom. The number of fused-ring (bicyclic) bond motifs is 4. The van der Waals surface area contributed by atoms with E-state index in [1.165, 1.54) is 50.7 Å². The normalized spacial score (nSPS) is 14.4. The lowest BCUT2D eigenvalue weighted by Crippen LogP contribution is -2.50. The van der Waals surface area contributed by atoms with Crippen LogP contribution in [-0.2, 0) is 20.8 Å². The van der Waals surface area contributed by atoms with Crippen molar-refractivity contribution in [3.63, 3.8) is 0 Å². The first-order valence-corrected chi connectivity index (χ1v) is 40.9. The number of rotatable bonds is 13. The van der Waals surface area contributed by atoms with Crippen molar-refractivity contribution in [2.45, 2.75) is 59.4 Å². The van der Waals surface area contributed by atoms with Crippen molar-refractivity contribution in [3.8, 4) is 0 Å². The Bertz CT molecular complexity index is 5630. The van der Waals surface area contributed by atoms with E-state index < -0.39 is 17.2 Å². The summed E-state index contributed by atoms with van der Waals surface area (Å²) in [5.74, 6) is -1.82. The van der Waals surface area contributed by atoms with E-state index in [4.69, 9.17) is 36.7 Å². The highest BCUT2D eigenvalue weighted by Gasteiger charge is 2.31. The van der Waals surface area contributed by atoms with Gasteiger partial charge >= 0.3 is 24.2 Å². The predicted octanol–water partition coefficient (Wildman–Crippen LogP) is 10.0. The maximum Gasteiger partial charge on any atom is 0.410 e. The van der Waals surface area contributed by atoms with Gasteiger partial charge in [0.1, 0.15) is 79.0 Å². The van der Waals surface area contributed by atoms with Crippen molar-refractivity contribution < 1.29 is 52.9 Å². The zero-order valence-electron chi connectivity index (χ0n) is 64.7. The number of hydrogen-bond donors (Lipinski definition) is 10. The molecular weight excluding hydrogens is 1620 g/mol. The molecule has 11 N–H and O–H groups in total. The first kappa shape index (κ1) is 83.1. The van der Waals surface area contributed by atoms with E-state index in [0.29, 0.717) is 145 Å². The molecule has 12 heterocycles. The number of carboxylic acids is 1. The molecule has 616 valence electrons. The molecule has 0 radical (unpaired) electrons. The minimum absolute atomic E-state index is 0.0598. The summed E-state index contributed by atoms with van der Waals surface area (Å²) in [4.78, 5) is 116. The van der Waals surface area contributed by atoms with Crippen LogP contribution in [0.5, 0.6) is 0 Å². The summed E-state index contributed by atoms with van der Waals surface area (Å²) in [6, 6.07) is 28.6. The third kappa shape index (κ3) is 22.6. The van der Waals surface area contributed by atoms with Crippen LogP contribution in [-0.4, -0.2) is 259 Å². The Balaban J connectivity index is 0.000000133. The largest absolute Gasteiger partial charge is 0.476 e. The quantitative estimate of drug-likeness (QED) is 0.0379. The highest BCUT2D eigenvalue weighted by Crippen LogP contribution is 2.29. The summed E-state index contributed by atoms with van der Waals surface area (Å²) in [6.07, 6.45) is -0.962. The maximum atomic E-state index is 12.6. The van der Waals surface area contributed by atoms with Crippen LogP contribution in [0.1, 0.15) is 89.1 Å². The molecular formula is C74H83ClN28O11S4. The van der Waals surface area contributed by atoms with E-state index in [-0.39, 0.29) is 48.3 Å². The Labute approximate surface area is 694 Å². The van der Waals surface area contributed by atoms with Gasteiger partial charge in [-0.3, -0.25) is 14.4 Å². The van der Waals surface area contributed by atoms with Gasteiger partial charge in [0.05, 0.1) is 0 Å². The molecule has 0 saturated carbocycles. The van der Waals surface area contributed by atoms with Gasteiger partial charge in [0, 0.05) is 154 Å². The smallest absolute Gasteiger partial charge is 0.410 e. The average molecular weight is 1700 g/mol. The fraction of sp³-hybridized carbons (Fsp3) is 0.338. The van der Waals surface area contributed by atoms with Gasteiger partial charge in [0.2, 0.25) is 0 Å². The lowest BCUT2D eigenvalue weighted by Gasteiger charge is -2.35. The number of amides is 6. The number of anilines is 8. The number of thiazole rings is 4. The first-order valence-electron chi connectivity index (χ1n) is 37.0. The molecule has 0 bridgehead atoms. The summed E-state index contributed by atoms with van der Waals surface area (Å²) in [7, 11) is 0. The molecule has 0 spiro atoms. The summed E-state index contributed by atoms with van der Waals surface area (Å²) >= 11 is 11.5. The zero-order chi connectivity index (χ0) is 83.0. The molecule has 39 nitrogen and oxygen atoms in total. The number of halogens is 1.